The maximum atomic E-state index is 6.35. The predicted molar refractivity (Wildman–Crippen MR) is 261 cm³/mol. The molecule has 8 aromatic carbocycles. The van der Waals surface area contributed by atoms with E-state index in [-0.39, 0.29) is 0 Å². The molecule has 0 amide bonds. The van der Waals surface area contributed by atoms with Gasteiger partial charge in [0.25, 0.3) is 0 Å². The van der Waals surface area contributed by atoms with Crippen LogP contribution in [0.15, 0.2) is 207 Å². The molecule has 1 aliphatic heterocycles. The van der Waals surface area contributed by atoms with Gasteiger partial charge in [0.2, 0.25) is 0 Å². The molecule has 2 heterocycles. The SMILES string of the molecule is C=Cc1ccc(N(c2ccc(-c3ccc(N(c4ccccc4)c4ccc(B5OC(C)(C)C(C)(C)O5)cc4)cc3)cc2)c2ccc3c(c2)c2ccccc2n3-c2ccccc2)cc1. The Labute approximate surface area is 364 Å². The molecule has 0 unspecified atom stereocenters. The minimum atomic E-state index is -0.411. The van der Waals surface area contributed by atoms with Gasteiger partial charge in [-0.05, 0) is 147 Å². The van der Waals surface area contributed by atoms with Crippen LogP contribution in [0.1, 0.15) is 33.3 Å². The van der Waals surface area contributed by atoms with E-state index in [4.69, 9.17) is 9.31 Å². The highest BCUT2D eigenvalue weighted by molar-refractivity contribution is 6.62. The Morgan fingerprint density at radius 3 is 1.45 bits per heavy atom. The van der Waals surface area contributed by atoms with Crippen molar-refractivity contribution in [2.45, 2.75) is 38.9 Å². The van der Waals surface area contributed by atoms with Gasteiger partial charge in [-0.25, -0.2) is 0 Å². The number of fused-ring (bicyclic) bond motifs is 3. The molecular formula is C56H48BN3O2. The lowest BCUT2D eigenvalue weighted by molar-refractivity contribution is 0.00578. The molecule has 0 radical (unpaired) electrons. The summed E-state index contributed by atoms with van der Waals surface area (Å²) >= 11 is 0. The minimum absolute atomic E-state index is 0.396. The van der Waals surface area contributed by atoms with E-state index in [1.807, 2.05) is 6.08 Å². The third-order valence-electron chi connectivity index (χ3n) is 12.6. The third kappa shape index (κ3) is 7.07. The maximum Gasteiger partial charge on any atom is 0.494 e. The first-order valence-electron chi connectivity index (χ1n) is 21.3. The smallest absolute Gasteiger partial charge is 0.399 e. The first kappa shape index (κ1) is 39.0. The number of rotatable bonds is 10. The van der Waals surface area contributed by atoms with Crippen LogP contribution in [0, 0.1) is 0 Å². The van der Waals surface area contributed by atoms with Gasteiger partial charge in [-0.15, -0.1) is 0 Å². The molecule has 302 valence electrons. The highest BCUT2D eigenvalue weighted by Gasteiger charge is 2.51. The summed E-state index contributed by atoms with van der Waals surface area (Å²) < 4.78 is 15.1. The lowest BCUT2D eigenvalue weighted by Crippen LogP contribution is -2.41. The molecule has 62 heavy (non-hydrogen) atoms. The van der Waals surface area contributed by atoms with Crippen molar-refractivity contribution in [1.82, 2.24) is 4.57 Å². The molecular weight excluding hydrogens is 757 g/mol. The van der Waals surface area contributed by atoms with Gasteiger partial charge in [-0.3, -0.25) is 0 Å². The van der Waals surface area contributed by atoms with Crippen LogP contribution in [-0.2, 0) is 9.31 Å². The van der Waals surface area contributed by atoms with E-state index in [9.17, 15) is 0 Å². The fraction of sp³-hybridized carbons (Fsp3) is 0.107. The van der Waals surface area contributed by atoms with Crippen molar-refractivity contribution < 1.29 is 9.31 Å². The summed E-state index contributed by atoms with van der Waals surface area (Å²) in [4.78, 5) is 4.62. The number of nitrogens with zero attached hydrogens (tertiary/aromatic N) is 3. The molecule has 10 rings (SSSR count). The molecule has 5 nitrogen and oxygen atoms in total. The summed E-state index contributed by atoms with van der Waals surface area (Å²) in [6, 6.07) is 71.4. The number of hydrogen-bond acceptors (Lipinski definition) is 4. The summed E-state index contributed by atoms with van der Waals surface area (Å²) in [7, 11) is -0.411. The van der Waals surface area contributed by atoms with E-state index in [2.05, 4.69) is 249 Å². The van der Waals surface area contributed by atoms with Gasteiger partial charge < -0.3 is 23.7 Å². The van der Waals surface area contributed by atoms with Crippen molar-refractivity contribution in [3.05, 3.63) is 212 Å². The monoisotopic (exact) mass is 805 g/mol. The fourth-order valence-corrected chi connectivity index (χ4v) is 8.55. The average molecular weight is 806 g/mol. The van der Waals surface area contributed by atoms with Gasteiger partial charge in [-0.2, -0.15) is 0 Å². The van der Waals surface area contributed by atoms with Crippen molar-refractivity contribution in [3.8, 4) is 16.8 Å². The largest absolute Gasteiger partial charge is 0.494 e. The second-order valence-corrected chi connectivity index (χ2v) is 17.0. The lowest BCUT2D eigenvalue weighted by atomic mass is 9.79. The van der Waals surface area contributed by atoms with Crippen molar-refractivity contribution in [2.75, 3.05) is 9.80 Å². The van der Waals surface area contributed by atoms with E-state index < -0.39 is 18.3 Å². The van der Waals surface area contributed by atoms with E-state index in [1.165, 1.54) is 21.8 Å². The van der Waals surface area contributed by atoms with Crippen LogP contribution in [-0.4, -0.2) is 22.9 Å². The van der Waals surface area contributed by atoms with E-state index >= 15 is 0 Å². The van der Waals surface area contributed by atoms with E-state index in [0.717, 1.165) is 62.0 Å². The predicted octanol–water partition coefficient (Wildman–Crippen LogP) is 14.3. The quantitative estimate of drug-likeness (QED) is 0.129. The van der Waals surface area contributed by atoms with Gasteiger partial charge in [0.15, 0.2) is 0 Å². The maximum absolute atomic E-state index is 6.35. The summed E-state index contributed by atoms with van der Waals surface area (Å²) in [5.41, 5.74) is 13.5. The average Bonchev–Trinajstić information content (AvgIpc) is 3.76. The molecule has 0 saturated carbocycles. The summed E-state index contributed by atoms with van der Waals surface area (Å²) in [5, 5.41) is 2.43. The summed E-state index contributed by atoms with van der Waals surface area (Å²) in [6.07, 6.45) is 1.89. The Morgan fingerprint density at radius 1 is 0.452 bits per heavy atom. The van der Waals surface area contributed by atoms with Gasteiger partial charge in [0.05, 0.1) is 22.2 Å². The fourth-order valence-electron chi connectivity index (χ4n) is 8.55. The lowest BCUT2D eigenvalue weighted by Gasteiger charge is -2.32. The second kappa shape index (κ2) is 15.7. The highest BCUT2D eigenvalue weighted by Crippen LogP contribution is 2.42. The van der Waals surface area contributed by atoms with Crippen LogP contribution >= 0.6 is 0 Å². The number of aromatic nitrogens is 1. The molecule has 0 N–H and O–H groups in total. The van der Waals surface area contributed by atoms with Crippen LogP contribution in [0.2, 0.25) is 0 Å². The van der Waals surface area contributed by atoms with Gasteiger partial charge in [-0.1, -0.05) is 116 Å². The zero-order chi connectivity index (χ0) is 42.4. The Bertz CT molecular complexity index is 3000. The van der Waals surface area contributed by atoms with Crippen molar-refractivity contribution in [1.29, 1.82) is 0 Å². The van der Waals surface area contributed by atoms with Gasteiger partial charge in [0, 0.05) is 50.6 Å². The van der Waals surface area contributed by atoms with Crippen LogP contribution in [0.5, 0.6) is 0 Å². The topological polar surface area (TPSA) is 29.9 Å². The normalized spacial score (nSPS) is 14.3. The molecule has 0 aliphatic carbocycles. The summed E-state index contributed by atoms with van der Waals surface area (Å²) in [5.74, 6) is 0. The van der Waals surface area contributed by atoms with E-state index in [0.29, 0.717) is 0 Å². The number of anilines is 6. The molecule has 1 fully saturated rings. The Kier molecular flexibility index (Phi) is 9.91. The molecule has 9 aromatic rings. The molecule has 0 spiro atoms. The minimum Gasteiger partial charge on any atom is -0.399 e. The molecule has 0 atom stereocenters. The zero-order valence-corrected chi connectivity index (χ0v) is 35.6. The number of para-hydroxylation sites is 3. The molecule has 1 aromatic heterocycles. The molecule has 1 saturated heterocycles. The first-order valence-corrected chi connectivity index (χ1v) is 21.3. The van der Waals surface area contributed by atoms with Crippen LogP contribution < -0.4 is 15.3 Å². The van der Waals surface area contributed by atoms with Crippen molar-refractivity contribution in [3.63, 3.8) is 0 Å². The standard InChI is InChI=1S/C56H48BN3O2/c1-6-40-21-29-46(30-22-40)59(50-37-38-54-52(39-50)51-19-13-14-20-53(51)60(54)45-17-11-8-12-18-45)48-33-25-42(26-34-48)41-23-31-47(32-24-41)58(44-15-9-7-10-16-44)49-35-27-43(28-36-49)57-61-55(2,3)56(4,5)62-57/h6-39H,1H2,2-5H3. The third-order valence-corrected chi connectivity index (χ3v) is 12.6. The highest BCUT2D eigenvalue weighted by atomic mass is 16.7. The Balaban J connectivity index is 0.975. The van der Waals surface area contributed by atoms with Crippen molar-refractivity contribution >= 4 is 74.6 Å². The number of hydrogen-bond donors (Lipinski definition) is 0. The molecule has 0 bridgehead atoms. The zero-order valence-electron chi connectivity index (χ0n) is 35.6. The first-order chi connectivity index (χ1) is 30.2. The van der Waals surface area contributed by atoms with Gasteiger partial charge >= 0.3 is 7.12 Å². The van der Waals surface area contributed by atoms with Gasteiger partial charge in [0.1, 0.15) is 0 Å². The number of benzene rings is 8. The van der Waals surface area contributed by atoms with Crippen molar-refractivity contribution in [2.24, 2.45) is 0 Å². The molecule has 1 aliphatic rings. The van der Waals surface area contributed by atoms with Crippen LogP contribution in [0.25, 0.3) is 44.7 Å². The van der Waals surface area contributed by atoms with Crippen LogP contribution in [0.4, 0.5) is 34.1 Å². The Morgan fingerprint density at radius 2 is 0.887 bits per heavy atom. The van der Waals surface area contributed by atoms with Crippen LogP contribution in [0.3, 0.4) is 0 Å². The Hall–Kier alpha value is -7.12. The second-order valence-electron chi connectivity index (χ2n) is 17.0. The van der Waals surface area contributed by atoms with E-state index in [1.54, 1.807) is 0 Å². The molecule has 6 heteroatoms. The summed E-state index contributed by atoms with van der Waals surface area (Å²) in [6.45, 7) is 12.3.